The van der Waals surface area contributed by atoms with Crippen LogP contribution < -0.4 is 10.6 Å². The number of hydrazine groups is 1. The molecule has 1 rings (SSSR count). The number of amides is 2. The zero-order valence-corrected chi connectivity index (χ0v) is 13.1. The van der Waals surface area contributed by atoms with Crippen molar-refractivity contribution in [3.8, 4) is 5.75 Å². The van der Waals surface area contributed by atoms with E-state index in [2.05, 4.69) is 0 Å². The molecule has 0 aliphatic rings. The van der Waals surface area contributed by atoms with Crippen LogP contribution in [0.5, 0.6) is 5.75 Å². The SMILES string of the molecule is CCc1c(OC)cccc1C(=O)N(N)C(=O)OC(C)(C)C. The number of rotatable bonds is 3. The third kappa shape index (κ3) is 4.19. The number of imide groups is 1. The first kappa shape index (κ1) is 17.0. The number of carbonyl (C=O) groups excluding carboxylic acids is 2. The van der Waals surface area contributed by atoms with E-state index in [1.807, 2.05) is 6.92 Å². The molecule has 0 aromatic heterocycles. The van der Waals surface area contributed by atoms with Crippen molar-refractivity contribution in [2.45, 2.75) is 39.7 Å². The smallest absolute Gasteiger partial charge is 0.432 e. The van der Waals surface area contributed by atoms with E-state index in [0.717, 1.165) is 0 Å². The number of nitrogens with zero attached hydrogens (tertiary/aromatic N) is 1. The van der Waals surface area contributed by atoms with E-state index in [0.29, 0.717) is 28.3 Å². The van der Waals surface area contributed by atoms with Crippen molar-refractivity contribution in [1.82, 2.24) is 5.01 Å². The summed E-state index contributed by atoms with van der Waals surface area (Å²) >= 11 is 0. The highest BCUT2D eigenvalue weighted by Gasteiger charge is 2.27. The van der Waals surface area contributed by atoms with E-state index >= 15 is 0 Å². The molecule has 0 atom stereocenters. The summed E-state index contributed by atoms with van der Waals surface area (Å²) in [7, 11) is 1.52. The Balaban J connectivity index is 3.06. The quantitative estimate of drug-likeness (QED) is 0.526. The van der Waals surface area contributed by atoms with Gasteiger partial charge in [0.15, 0.2) is 0 Å². The maximum Gasteiger partial charge on any atom is 0.432 e. The Labute approximate surface area is 124 Å². The van der Waals surface area contributed by atoms with Gasteiger partial charge < -0.3 is 9.47 Å². The second-order valence-corrected chi connectivity index (χ2v) is 5.50. The van der Waals surface area contributed by atoms with Gasteiger partial charge in [0.2, 0.25) is 0 Å². The number of ether oxygens (including phenoxy) is 2. The number of carbonyl (C=O) groups is 2. The van der Waals surface area contributed by atoms with Crippen LogP contribution in [0.1, 0.15) is 43.6 Å². The Morgan fingerprint density at radius 1 is 1.29 bits per heavy atom. The number of methoxy groups -OCH3 is 1. The monoisotopic (exact) mass is 294 g/mol. The van der Waals surface area contributed by atoms with Crippen LogP contribution in [0, 0.1) is 0 Å². The maximum absolute atomic E-state index is 12.4. The standard InChI is InChI=1S/C15H22N2O4/c1-6-10-11(8-7-9-12(10)20-5)13(18)17(16)14(19)21-15(2,3)4/h7-9H,6,16H2,1-5H3. The molecule has 0 saturated carbocycles. The molecule has 2 amide bonds. The lowest BCUT2D eigenvalue weighted by molar-refractivity contribution is 0.0239. The van der Waals surface area contributed by atoms with Crippen LogP contribution in [0.15, 0.2) is 18.2 Å². The van der Waals surface area contributed by atoms with Gasteiger partial charge in [0, 0.05) is 11.1 Å². The van der Waals surface area contributed by atoms with Crippen molar-refractivity contribution >= 4 is 12.0 Å². The molecule has 0 unspecified atom stereocenters. The second-order valence-electron chi connectivity index (χ2n) is 5.50. The fourth-order valence-corrected chi connectivity index (χ4v) is 1.85. The van der Waals surface area contributed by atoms with Crippen LogP contribution in [-0.4, -0.2) is 29.7 Å². The zero-order chi connectivity index (χ0) is 16.2. The topological polar surface area (TPSA) is 81.9 Å². The number of hydrogen-bond acceptors (Lipinski definition) is 5. The van der Waals surface area contributed by atoms with Crippen molar-refractivity contribution in [2.75, 3.05) is 7.11 Å². The predicted octanol–water partition coefficient (Wildman–Crippen LogP) is 2.51. The minimum atomic E-state index is -0.891. The summed E-state index contributed by atoms with van der Waals surface area (Å²) in [5.74, 6) is 5.54. The molecule has 116 valence electrons. The molecule has 6 heteroatoms. The van der Waals surface area contributed by atoms with Gasteiger partial charge in [-0.05, 0) is 39.3 Å². The lowest BCUT2D eigenvalue weighted by Crippen LogP contribution is -2.45. The molecule has 0 aliphatic heterocycles. The first-order valence-corrected chi connectivity index (χ1v) is 6.69. The molecule has 2 N–H and O–H groups in total. The Morgan fingerprint density at radius 3 is 2.38 bits per heavy atom. The van der Waals surface area contributed by atoms with Crippen LogP contribution in [0.25, 0.3) is 0 Å². The second kappa shape index (κ2) is 6.58. The van der Waals surface area contributed by atoms with Crippen LogP contribution in [-0.2, 0) is 11.2 Å². The van der Waals surface area contributed by atoms with Gasteiger partial charge in [-0.15, -0.1) is 0 Å². The van der Waals surface area contributed by atoms with Crippen molar-refractivity contribution < 1.29 is 19.1 Å². The molecule has 0 spiro atoms. The average Bonchev–Trinajstić information content (AvgIpc) is 2.42. The molecule has 0 fully saturated rings. The Hall–Kier alpha value is -2.08. The molecule has 0 bridgehead atoms. The van der Waals surface area contributed by atoms with Gasteiger partial charge in [0.1, 0.15) is 11.4 Å². The molecule has 21 heavy (non-hydrogen) atoms. The molecule has 0 aliphatic carbocycles. The minimum absolute atomic E-state index is 0.324. The average molecular weight is 294 g/mol. The lowest BCUT2D eigenvalue weighted by Gasteiger charge is -2.23. The summed E-state index contributed by atoms with van der Waals surface area (Å²) in [4.78, 5) is 24.2. The first-order valence-electron chi connectivity index (χ1n) is 6.69. The summed E-state index contributed by atoms with van der Waals surface area (Å²) in [5.41, 5.74) is 0.297. The predicted molar refractivity (Wildman–Crippen MR) is 79.0 cm³/mol. The van der Waals surface area contributed by atoms with E-state index in [1.54, 1.807) is 39.0 Å². The maximum atomic E-state index is 12.4. The van der Waals surface area contributed by atoms with E-state index < -0.39 is 17.6 Å². The van der Waals surface area contributed by atoms with Gasteiger partial charge in [0.05, 0.1) is 7.11 Å². The molecular weight excluding hydrogens is 272 g/mol. The van der Waals surface area contributed by atoms with Gasteiger partial charge in [-0.2, -0.15) is 5.01 Å². The highest BCUT2D eigenvalue weighted by atomic mass is 16.6. The van der Waals surface area contributed by atoms with Gasteiger partial charge in [-0.3, -0.25) is 4.79 Å². The van der Waals surface area contributed by atoms with Crippen molar-refractivity contribution in [2.24, 2.45) is 5.84 Å². The Kier molecular flexibility index (Phi) is 5.32. The molecular formula is C15H22N2O4. The van der Waals surface area contributed by atoms with Crippen LogP contribution in [0.2, 0.25) is 0 Å². The van der Waals surface area contributed by atoms with Crippen molar-refractivity contribution in [3.05, 3.63) is 29.3 Å². The summed E-state index contributed by atoms with van der Waals surface area (Å²) in [6.45, 7) is 6.99. The van der Waals surface area contributed by atoms with Gasteiger partial charge in [0.25, 0.3) is 5.91 Å². The van der Waals surface area contributed by atoms with Gasteiger partial charge in [-0.1, -0.05) is 13.0 Å². The Morgan fingerprint density at radius 2 is 1.90 bits per heavy atom. The highest BCUT2D eigenvalue weighted by molar-refractivity contribution is 6.03. The normalized spacial score (nSPS) is 11.0. The van der Waals surface area contributed by atoms with E-state index in [4.69, 9.17) is 15.3 Å². The third-order valence-corrected chi connectivity index (χ3v) is 2.75. The van der Waals surface area contributed by atoms with Gasteiger partial charge >= 0.3 is 6.09 Å². The highest BCUT2D eigenvalue weighted by Crippen LogP contribution is 2.24. The fraction of sp³-hybridized carbons (Fsp3) is 0.467. The summed E-state index contributed by atoms with van der Waals surface area (Å²) in [6, 6.07) is 5.03. The first-order chi connectivity index (χ1) is 9.71. The zero-order valence-electron chi connectivity index (χ0n) is 13.1. The van der Waals surface area contributed by atoms with Crippen LogP contribution in [0.3, 0.4) is 0 Å². The largest absolute Gasteiger partial charge is 0.496 e. The molecule has 1 aromatic carbocycles. The lowest BCUT2D eigenvalue weighted by atomic mass is 10.0. The molecule has 0 radical (unpaired) electrons. The van der Waals surface area contributed by atoms with E-state index in [9.17, 15) is 9.59 Å². The van der Waals surface area contributed by atoms with Crippen LogP contribution in [0.4, 0.5) is 4.79 Å². The minimum Gasteiger partial charge on any atom is -0.496 e. The number of hydrogen-bond donors (Lipinski definition) is 1. The number of benzene rings is 1. The summed E-state index contributed by atoms with van der Waals surface area (Å²) in [6.07, 6.45) is -0.315. The molecule has 6 nitrogen and oxygen atoms in total. The summed E-state index contributed by atoms with van der Waals surface area (Å²) in [5, 5.41) is 0.485. The number of nitrogens with two attached hydrogens (primary N) is 1. The van der Waals surface area contributed by atoms with E-state index in [-0.39, 0.29) is 0 Å². The Bertz CT molecular complexity index is 535. The fourth-order valence-electron chi connectivity index (χ4n) is 1.85. The molecule has 1 aromatic rings. The van der Waals surface area contributed by atoms with E-state index in [1.165, 1.54) is 7.11 Å². The van der Waals surface area contributed by atoms with Crippen LogP contribution >= 0.6 is 0 Å². The van der Waals surface area contributed by atoms with Crippen molar-refractivity contribution in [3.63, 3.8) is 0 Å². The summed E-state index contributed by atoms with van der Waals surface area (Å²) < 4.78 is 10.3. The van der Waals surface area contributed by atoms with Gasteiger partial charge in [-0.25, -0.2) is 10.6 Å². The van der Waals surface area contributed by atoms with Crippen molar-refractivity contribution in [1.29, 1.82) is 0 Å². The molecule has 0 heterocycles. The molecule has 0 saturated heterocycles. The third-order valence-electron chi connectivity index (χ3n) is 2.75.